The van der Waals surface area contributed by atoms with E-state index in [1.165, 1.54) is 5.56 Å². The lowest BCUT2D eigenvalue weighted by molar-refractivity contribution is -0.139. The molecular weight excluding hydrogens is 394 g/mol. The van der Waals surface area contributed by atoms with Gasteiger partial charge in [-0.25, -0.2) is 4.79 Å². The highest BCUT2D eigenvalue weighted by Crippen LogP contribution is 2.36. The van der Waals surface area contributed by atoms with E-state index < -0.39 is 6.04 Å². The Morgan fingerprint density at radius 1 is 1.16 bits per heavy atom. The maximum atomic E-state index is 12.9. The van der Waals surface area contributed by atoms with Crippen LogP contribution in [0, 0.1) is 6.92 Å². The zero-order valence-electron chi connectivity index (χ0n) is 17.8. The minimum Gasteiger partial charge on any atom is -0.489 e. The van der Waals surface area contributed by atoms with Gasteiger partial charge in [0.25, 0.3) is 0 Å². The van der Waals surface area contributed by atoms with Gasteiger partial charge < -0.3 is 14.8 Å². The number of nitrogens with zero attached hydrogens (tertiary/aromatic N) is 4. The molecular formula is C23H25N5O3. The van der Waals surface area contributed by atoms with Gasteiger partial charge in [-0.05, 0) is 59.5 Å². The molecule has 0 radical (unpaired) electrons. The molecule has 1 unspecified atom stereocenters. The number of anilines is 1. The van der Waals surface area contributed by atoms with Crippen molar-refractivity contribution in [2.45, 2.75) is 39.8 Å². The number of rotatable bonds is 7. The van der Waals surface area contributed by atoms with Crippen LogP contribution in [0.3, 0.4) is 0 Å². The van der Waals surface area contributed by atoms with Gasteiger partial charge in [0, 0.05) is 5.70 Å². The molecule has 1 aromatic heterocycles. The first-order valence-electron chi connectivity index (χ1n) is 10.3. The van der Waals surface area contributed by atoms with Crippen molar-refractivity contribution >= 4 is 11.9 Å². The molecule has 4 rings (SSSR count). The van der Waals surface area contributed by atoms with Crippen molar-refractivity contribution in [3.8, 4) is 5.75 Å². The van der Waals surface area contributed by atoms with Crippen LogP contribution in [0.5, 0.6) is 5.75 Å². The summed E-state index contributed by atoms with van der Waals surface area (Å²) in [5.41, 5.74) is 4.27. The number of tetrazole rings is 1. The fourth-order valence-electron chi connectivity index (χ4n) is 3.56. The SMILES string of the molecule is CCCOC(=O)C1=C(C)Nc2nnnn2C1c1cccc(OCc2ccccc2C)c1. The minimum absolute atomic E-state index is 0.352. The van der Waals surface area contributed by atoms with Gasteiger partial charge in [-0.1, -0.05) is 48.4 Å². The lowest BCUT2D eigenvalue weighted by atomic mass is 9.95. The average molecular weight is 419 g/mol. The van der Waals surface area contributed by atoms with Crippen LogP contribution in [-0.2, 0) is 16.1 Å². The van der Waals surface area contributed by atoms with Crippen LogP contribution in [0.2, 0.25) is 0 Å². The Labute approximate surface area is 180 Å². The molecule has 0 aliphatic carbocycles. The highest BCUT2D eigenvalue weighted by atomic mass is 16.5. The second-order valence-electron chi connectivity index (χ2n) is 7.44. The van der Waals surface area contributed by atoms with Crippen LogP contribution < -0.4 is 10.1 Å². The highest BCUT2D eigenvalue weighted by Gasteiger charge is 2.35. The van der Waals surface area contributed by atoms with E-state index in [9.17, 15) is 4.79 Å². The summed E-state index contributed by atoms with van der Waals surface area (Å²) in [7, 11) is 0. The number of allylic oxidation sites excluding steroid dienone is 1. The first-order chi connectivity index (χ1) is 15.1. The number of carbonyl (C=O) groups is 1. The Bertz CT molecular complexity index is 1120. The third-order valence-electron chi connectivity index (χ3n) is 5.20. The predicted molar refractivity (Wildman–Crippen MR) is 115 cm³/mol. The molecule has 1 N–H and O–H groups in total. The summed E-state index contributed by atoms with van der Waals surface area (Å²) in [5, 5.41) is 15.0. The summed E-state index contributed by atoms with van der Waals surface area (Å²) < 4.78 is 13.1. The summed E-state index contributed by atoms with van der Waals surface area (Å²) in [5.74, 6) is 0.790. The third-order valence-corrected chi connectivity index (χ3v) is 5.20. The van der Waals surface area contributed by atoms with Crippen molar-refractivity contribution in [1.82, 2.24) is 20.2 Å². The van der Waals surface area contributed by atoms with Crippen LogP contribution in [0.15, 0.2) is 59.8 Å². The van der Waals surface area contributed by atoms with Gasteiger partial charge in [0.15, 0.2) is 0 Å². The molecule has 1 atom stereocenters. The van der Waals surface area contributed by atoms with Gasteiger partial charge in [-0.3, -0.25) is 0 Å². The smallest absolute Gasteiger partial charge is 0.338 e. The zero-order valence-corrected chi connectivity index (χ0v) is 17.8. The lowest BCUT2D eigenvalue weighted by Crippen LogP contribution is -2.29. The monoisotopic (exact) mass is 419 g/mol. The summed E-state index contributed by atoms with van der Waals surface area (Å²) in [6.07, 6.45) is 0.745. The maximum Gasteiger partial charge on any atom is 0.338 e. The Balaban J connectivity index is 1.65. The quantitative estimate of drug-likeness (QED) is 0.583. The van der Waals surface area contributed by atoms with Crippen LogP contribution >= 0.6 is 0 Å². The molecule has 0 bridgehead atoms. The molecule has 2 heterocycles. The number of nitrogens with one attached hydrogen (secondary N) is 1. The maximum absolute atomic E-state index is 12.9. The van der Waals surface area contributed by atoms with Gasteiger partial charge in [-0.2, -0.15) is 4.68 Å². The van der Waals surface area contributed by atoms with Crippen molar-refractivity contribution in [2.75, 3.05) is 11.9 Å². The van der Waals surface area contributed by atoms with Crippen LogP contribution in [0.1, 0.15) is 43.0 Å². The van der Waals surface area contributed by atoms with Crippen LogP contribution in [0.4, 0.5) is 5.95 Å². The molecule has 0 saturated carbocycles. The van der Waals surface area contributed by atoms with Gasteiger partial charge in [0.2, 0.25) is 5.95 Å². The second kappa shape index (κ2) is 8.99. The fourth-order valence-corrected chi connectivity index (χ4v) is 3.56. The molecule has 160 valence electrons. The van der Waals surface area contributed by atoms with E-state index in [-0.39, 0.29) is 5.97 Å². The molecule has 31 heavy (non-hydrogen) atoms. The number of esters is 1. The molecule has 0 spiro atoms. The third kappa shape index (κ3) is 4.28. The molecule has 2 aromatic carbocycles. The number of hydrogen-bond donors (Lipinski definition) is 1. The van der Waals surface area contributed by atoms with Crippen molar-refractivity contribution in [1.29, 1.82) is 0 Å². The molecule has 8 nitrogen and oxygen atoms in total. The van der Waals surface area contributed by atoms with Crippen molar-refractivity contribution in [3.05, 3.63) is 76.5 Å². The van der Waals surface area contributed by atoms with E-state index in [0.29, 0.717) is 36.2 Å². The van der Waals surface area contributed by atoms with Gasteiger partial charge in [0.05, 0.1) is 12.2 Å². The van der Waals surface area contributed by atoms with E-state index in [2.05, 4.69) is 33.8 Å². The standard InChI is InChI=1S/C23H25N5O3/c1-4-12-30-22(29)20-16(3)24-23-25-26-27-28(23)21(20)17-10-7-11-19(13-17)31-14-18-9-6-5-8-15(18)2/h5-11,13,21H,4,12,14H2,1-3H3,(H,24,25,27). The zero-order chi connectivity index (χ0) is 21.8. The highest BCUT2D eigenvalue weighted by molar-refractivity contribution is 5.92. The number of benzene rings is 2. The van der Waals surface area contributed by atoms with E-state index in [1.54, 1.807) is 4.68 Å². The molecule has 1 aliphatic rings. The first-order valence-corrected chi connectivity index (χ1v) is 10.3. The fraction of sp³-hybridized carbons (Fsp3) is 0.304. The number of carbonyl (C=O) groups excluding carboxylic acids is 1. The van der Waals surface area contributed by atoms with Gasteiger partial charge >= 0.3 is 5.97 Å². The topological polar surface area (TPSA) is 91.2 Å². The van der Waals surface area contributed by atoms with E-state index in [4.69, 9.17) is 9.47 Å². The number of ether oxygens (including phenoxy) is 2. The van der Waals surface area contributed by atoms with E-state index >= 15 is 0 Å². The van der Waals surface area contributed by atoms with E-state index in [0.717, 1.165) is 17.5 Å². The number of hydrogen-bond acceptors (Lipinski definition) is 7. The Morgan fingerprint density at radius 2 is 2.00 bits per heavy atom. The molecule has 0 saturated heterocycles. The number of fused-ring (bicyclic) bond motifs is 1. The summed E-state index contributed by atoms with van der Waals surface area (Å²) in [6.45, 7) is 6.65. The van der Waals surface area contributed by atoms with Crippen molar-refractivity contribution in [2.24, 2.45) is 0 Å². The number of aromatic nitrogens is 4. The Hall–Kier alpha value is -3.68. The minimum atomic E-state index is -0.516. The molecule has 0 amide bonds. The first kappa shape index (κ1) is 20.6. The van der Waals surface area contributed by atoms with Gasteiger partial charge in [-0.15, -0.1) is 0 Å². The van der Waals surface area contributed by atoms with Crippen LogP contribution in [-0.4, -0.2) is 32.8 Å². The summed E-state index contributed by atoms with van der Waals surface area (Å²) in [4.78, 5) is 12.9. The normalized spacial score (nSPS) is 15.3. The average Bonchev–Trinajstić information content (AvgIpc) is 3.24. The second-order valence-corrected chi connectivity index (χ2v) is 7.44. The van der Waals surface area contributed by atoms with Crippen molar-refractivity contribution < 1.29 is 14.3 Å². The Morgan fingerprint density at radius 3 is 2.81 bits per heavy atom. The molecule has 0 fully saturated rings. The summed E-state index contributed by atoms with van der Waals surface area (Å²) >= 11 is 0. The van der Waals surface area contributed by atoms with Gasteiger partial charge in [0.1, 0.15) is 18.4 Å². The molecule has 1 aliphatic heterocycles. The number of aryl methyl sites for hydroxylation is 1. The molecule has 3 aromatic rings. The summed E-state index contributed by atoms with van der Waals surface area (Å²) in [6, 6.07) is 15.2. The van der Waals surface area contributed by atoms with Crippen molar-refractivity contribution in [3.63, 3.8) is 0 Å². The Kier molecular flexibility index (Phi) is 5.97. The van der Waals surface area contributed by atoms with E-state index in [1.807, 2.05) is 56.3 Å². The predicted octanol–water partition coefficient (Wildman–Crippen LogP) is 3.80. The molecule has 8 heteroatoms. The van der Waals surface area contributed by atoms with Crippen LogP contribution in [0.25, 0.3) is 0 Å². The lowest BCUT2D eigenvalue weighted by Gasteiger charge is -2.27. The largest absolute Gasteiger partial charge is 0.489 e.